The van der Waals surface area contributed by atoms with Crippen molar-refractivity contribution in [3.8, 4) is 0 Å². The molecule has 4 heterocycles. The summed E-state index contributed by atoms with van der Waals surface area (Å²) in [4.78, 5) is 11.9. The molecule has 4 saturated heterocycles. The molecule has 1 spiro atoms. The van der Waals surface area contributed by atoms with Gasteiger partial charge in [0.15, 0.2) is 11.9 Å². The predicted octanol–water partition coefficient (Wildman–Crippen LogP) is 2.59. The Hall–Kier alpha value is -0.200. The average molecular weight is 311 g/mol. The number of hydrogen-bond acceptors (Lipinski definition) is 5. The van der Waals surface area contributed by atoms with E-state index in [4.69, 9.17) is 25.0 Å². The third-order valence-electron chi connectivity index (χ3n) is 6.75. The number of nitrogens with two attached hydrogens (primary N) is 1. The van der Waals surface area contributed by atoms with Crippen LogP contribution in [0.2, 0.25) is 0 Å². The summed E-state index contributed by atoms with van der Waals surface area (Å²) in [5.74, 6) is 1.23. The first-order chi connectivity index (χ1) is 10.5. The van der Waals surface area contributed by atoms with Gasteiger partial charge in [0.25, 0.3) is 0 Å². The SMILES string of the molecule is C[C@H]1[C@@H](CCN)O[C@@H]2OC3(C)CC[C@H]4[C@H](C)CC[C@@H]1[C@@]24OO3. The lowest BCUT2D eigenvalue weighted by molar-refractivity contribution is -0.571. The molecule has 2 bridgehead atoms. The van der Waals surface area contributed by atoms with Crippen LogP contribution in [0, 0.1) is 23.7 Å². The first-order valence-electron chi connectivity index (χ1n) is 8.90. The molecule has 0 radical (unpaired) electrons. The molecule has 5 heteroatoms. The molecule has 5 nitrogen and oxygen atoms in total. The van der Waals surface area contributed by atoms with Gasteiger partial charge in [0.2, 0.25) is 5.79 Å². The molecule has 22 heavy (non-hydrogen) atoms. The molecular formula is C17H29NO4. The fourth-order valence-electron chi connectivity index (χ4n) is 5.47. The van der Waals surface area contributed by atoms with Crippen LogP contribution in [-0.2, 0) is 19.2 Å². The van der Waals surface area contributed by atoms with Crippen LogP contribution in [0.15, 0.2) is 0 Å². The second-order valence-corrected chi connectivity index (χ2v) is 8.02. The fourth-order valence-corrected chi connectivity index (χ4v) is 5.47. The number of ether oxygens (including phenoxy) is 2. The van der Waals surface area contributed by atoms with Crippen molar-refractivity contribution in [1.29, 1.82) is 0 Å². The zero-order chi connectivity index (χ0) is 15.5. The molecule has 126 valence electrons. The third-order valence-corrected chi connectivity index (χ3v) is 6.75. The van der Waals surface area contributed by atoms with Crippen LogP contribution in [0.1, 0.15) is 52.9 Å². The molecule has 5 rings (SSSR count). The molecule has 0 aromatic rings. The van der Waals surface area contributed by atoms with Crippen molar-refractivity contribution in [2.75, 3.05) is 6.54 Å². The zero-order valence-electron chi connectivity index (χ0n) is 13.9. The predicted molar refractivity (Wildman–Crippen MR) is 80.5 cm³/mol. The highest BCUT2D eigenvalue weighted by Gasteiger charge is 2.69. The molecule has 4 aliphatic heterocycles. The van der Waals surface area contributed by atoms with Gasteiger partial charge in [0.05, 0.1) is 6.10 Å². The van der Waals surface area contributed by atoms with Gasteiger partial charge in [-0.25, -0.2) is 9.78 Å². The van der Waals surface area contributed by atoms with Crippen LogP contribution < -0.4 is 5.73 Å². The van der Waals surface area contributed by atoms with Gasteiger partial charge < -0.3 is 15.2 Å². The van der Waals surface area contributed by atoms with Gasteiger partial charge in [-0.3, -0.25) is 0 Å². The molecule has 1 aliphatic carbocycles. The Labute approximate surface area is 132 Å². The van der Waals surface area contributed by atoms with Crippen LogP contribution in [0.25, 0.3) is 0 Å². The second kappa shape index (κ2) is 5.15. The second-order valence-electron chi connectivity index (χ2n) is 8.02. The Morgan fingerprint density at radius 2 is 1.91 bits per heavy atom. The quantitative estimate of drug-likeness (QED) is 0.794. The summed E-state index contributed by atoms with van der Waals surface area (Å²) >= 11 is 0. The summed E-state index contributed by atoms with van der Waals surface area (Å²) in [7, 11) is 0. The van der Waals surface area contributed by atoms with E-state index in [0.29, 0.717) is 30.2 Å². The minimum atomic E-state index is -0.675. The lowest BCUT2D eigenvalue weighted by Crippen LogP contribution is -2.70. The molecule has 1 saturated carbocycles. The average Bonchev–Trinajstić information content (AvgIpc) is 2.71. The highest BCUT2D eigenvalue weighted by atomic mass is 17.3. The summed E-state index contributed by atoms with van der Waals surface area (Å²) in [5, 5.41) is 0. The fraction of sp³-hybridized carbons (Fsp3) is 1.00. The van der Waals surface area contributed by atoms with Crippen LogP contribution >= 0.6 is 0 Å². The van der Waals surface area contributed by atoms with E-state index < -0.39 is 11.4 Å². The van der Waals surface area contributed by atoms with Gasteiger partial charge >= 0.3 is 0 Å². The molecular weight excluding hydrogens is 282 g/mol. The smallest absolute Gasteiger partial charge is 0.201 e. The summed E-state index contributed by atoms with van der Waals surface area (Å²) in [6, 6.07) is 0. The molecule has 0 amide bonds. The van der Waals surface area contributed by atoms with Crippen LogP contribution in [0.5, 0.6) is 0 Å². The minimum Gasteiger partial charge on any atom is -0.346 e. The lowest BCUT2D eigenvalue weighted by Gasteiger charge is -2.60. The van der Waals surface area contributed by atoms with Crippen molar-refractivity contribution in [3.05, 3.63) is 0 Å². The normalized spacial score (nSPS) is 57.3. The van der Waals surface area contributed by atoms with E-state index in [1.54, 1.807) is 0 Å². The third kappa shape index (κ3) is 1.96. The van der Waals surface area contributed by atoms with Gasteiger partial charge in [-0.2, -0.15) is 0 Å². The Morgan fingerprint density at radius 1 is 1.09 bits per heavy atom. The number of rotatable bonds is 2. The van der Waals surface area contributed by atoms with E-state index in [2.05, 4.69) is 13.8 Å². The molecule has 0 aromatic heterocycles. The Kier molecular flexibility index (Phi) is 3.59. The maximum Gasteiger partial charge on any atom is 0.201 e. The maximum absolute atomic E-state index is 6.39. The van der Waals surface area contributed by atoms with Gasteiger partial charge in [0, 0.05) is 12.3 Å². The van der Waals surface area contributed by atoms with Gasteiger partial charge in [-0.15, -0.1) is 0 Å². The molecule has 0 aromatic carbocycles. The van der Waals surface area contributed by atoms with Gasteiger partial charge in [-0.05, 0) is 56.9 Å². The topological polar surface area (TPSA) is 62.9 Å². The molecule has 8 atom stereocenters. The van der Waals surface area contributed by atoms with Gasteiger partial charge in [0.1, 0.15) is 0 Å². The van der Waals surface area contributed by atoms with Crippen molar-refractivity contribution in [2.24, 2.45) is 29.4 Å². The van der Waals surface area contributed by atoms with Crippen LogP contribution in [-0.4, -0.2) is 30.3 Å². The Morgan fingerprint density at radius 3 is 2.68 bits per heavy atom. The Balaban J connectivity index is 1.75. The zero-order valence-corrected chi connectivity index (χ0v) is 13.9. The highest BCUT2D eigenvalue weighted by Crippen LogP contribution is 2.60. The Bertz CT molecular complexity index is 446. The van der Waals surface area contributed by atoms with Crippen LogP contribution in [0.3, 0.4) is 0 Å². The number of hydrogen-bond donors (Lipinski definition) is 1. The summed E-state index contributed by atoms with van der Waals surface area (Å²) in [5.41, 5.74) is 5.36. The first kappa shape index (κ1) is 15.3. The lowest BCUT2D eigenvalue weighted by atomic mass is 9.57. The van der Waals surface area contributed by atoms with E-state index in [1.807, 2.05) is 6.92 Å². The van der Waals surface area contributed by atoms with Crippen molar-refractivity contribution in [2.45, 2.75) is 76.7 Å². The van der Waals surface area contributed by atoms with Crippen molar-refractivity contribution in [3.63, 3.8) is 0 Å². The molecule has 5 aliphatic rings. The van der Waals surface area contributed by atoms with E-state index in [0.717, 1.165) is 25.7 Å². The first-order valence-corrected chi connectivity index (χ1v) is 8.90. The monoisotopic (exact) mass is 311 g/mol. The van der Waals surface area contributed by atoms with Crippen LogP contribution in [0.4, 0.5) is 0 Å². The molecule has 5 fully saturated rings. The van der Waals surface area contributed by atoms with Crippen molar-refractivity contribution in [1.82, 2.24) is 0 Å². The summed E-state index contributed by atoms with van der Waals surface area (Å²) in [6.45, 7) is 7.24. The van der Waals surface area contributed by atoms with Crippen molar-refractivity contribution < 1.29 is 19.2 Å². The largest absolute Gasteiger partial charge is 0.346 e. The minimum absolute atomic E-state index is 0.159. The van der Waals surface area contributed by atoms with Crippen molar-refractivity contribution >= 4 is 0 Å². The maximum atomic E-state index is 6.39. The van der Waals surface area contributed by atoms with E-state index in [-0.39, 0.29) is 12.4 Å². The van der Waals surface area contributed by atoms with E-state index in [9.17, 15) is 0 Å². The highest BCUT2D eigenvalue weighted by molar-refractivity contribution is 5.09. The molecule has 2 N–H and O–H groups in total. The molecule has 1 unspecified atom stereocenters. The van der Waals surface area contributed by atoms with E-state index >= 15 is 0 Å². The van der Waals surface area contributed by atoms with E-state index in [1.165, 1.54) is 6.42 Å². The number of fused-ring (bicyclic) bond motifs is 2. The summed E-state index contributed by atoms with van der Waals surface area (Å²) in [6.07, 6.45) is 5.08. The summed E-state index contributed by atoms with van der Waals surface area (Å²) < 4.78 is 12.7. The standard InChI is InChI=1S/C17H29NO4/c1-10-4-5-13-11(2)14(7-9-18)19-15-17(13)12(10)6-8-16(3,20-15)21-22-17/h10-15H,4-9,18H2,1-3H3/t10-,11-,12+,13+,14-,15-,16?,17-/m1/s1. The van der Waals surface area contributed by atoms with Gasteiger partial charge in [-0.1, -0.05) is 13.8 Å².